The van der Waals surface area contributed by atoms with Gasteiger partial charge in [-0.25, -0.2) is 0 Å². The van der Waals surface area contributed by atoms with E-state index in [1.807, 2.05) is 13.8 Å². The second kappa shape index (κ2) is 6.46. The maximum absolute atomic E-state index is 9.03. The normalized spacial score (nSPS) is 8.92. The molecule has 0 aliphatic carbocycles. The summed E-state index contributed by atoms with van der Waals surface area (Å²) in [5.74, 6) is 0.0700. The fourth-order valence-electron chi connectivity index (χ4n) is 0.926. The fourth-order valence-corrected chi connectivity index (χ4v) is 0.926. The first-order chi connectivity index (χ1) is 6.26. The third kappa shape index (κ3) is 3.92. The lowest BCUT2D eigenvalue weighted by atomic mass is 10.1. The molecule has 1 aromatic carbocycles. The Kier molecular flexibility index (Phi) is 5.93. The van der Waals surface area contributed by atoms with E-state index < -0.39 is 0 Å². The highest BCUT2D eigenvalue weighted by Gasteiger charge is 1.97. The van der Waals surface area contributed by atoms with E-state index in [-0.39, 0.29) is 19.0 Å². The second-order valence-corrected chi connectivity index (χ2v) is 2.32. The lowest BCUT2D eigenvalue weighted by molar-refractivity contribution is 0.274. The molecule has 3 N–H and O–H groups in total. The smallest absolute Gasteiger partial charge is 0.116 e. The Morgan fingerprint density at radius 3 is 1.62 bits per heavy atom. The number of aromatic hydroxyl groups is 1. The molecule has 0 saturated heterocycles. The number of hydrogen-bond acceptors (Lipinski definition) is 3. The van der Waals surface area contributed by atoms with Crippen LogP contribution >= 0.6 is 0 Å². The SMILES string of the molecule is CC.OCc1cc(O)cc(CO)c1. The molecule has 1 rings (SSSR count). The van der Waals surface area contributed by atoms with E-state index in [1.54, 1.807) is 6.07 Å². The van der Waals surface area contributed by atoms with Crippen molar-refractivity contribution in [3.63, 3.8) is 0 Å². The van der Waals surface area contributed by atoms with Crippen molar-refractivity contribution in [2.45, 2.75) is 27.1 Å². The van der Waals surface area contributed by atoms with Gasteiger partial charge in [0.1, 0.15) is 5.75 Å². The van der Waals surface area contributed by atoms with Gasteiger partial charge in [-0.1, -0.05) is 19.9 Å². The van der Waals surface area contributed by atoms with Gasteiger partial charge in [0.25, 0.3) is 0 Å². The molecule has 0 fully saturated rings. The monoisotopic (exact) mass is 184 g/mol. The average molecular weight is 184 g/mol. The van der Waals surface area contributed by atoms with Gasteiger partial charge in [0.2, 0.25) is 0 Å². The van der Waals surface area contributed by atoms with Crippen LogP contribution in [0.4, 0.5) is 0 Å². The second-order valence-electron chi connectivity index (χ2n) is 2.32. The van der Waals surface area contributed by atoms with Crippen LogP contribution in [0.1, 0.15) is 25.0 Å². The van der Waals surface area contributed by atoms with Crippen LogP contribution in [0.2, 0.25) is 0 Å². The largest absolute Gasteiger partial charge is 0.508 e. The highest BCUT2D eigenvalue weighted by molar-refractivity contribution is 5.32. The van der Waals surface area contributed by atoms with Gasteiger partial charge in [-0.2, -0.15) is 0 Å². The summed E-state index contributed by atoms with van der Waals surface area (Å²) in [7, 11) is 0. The Balaban J connectivity index is 0.000000671. The van der Waals surface area contributed by atoms with E-state index in [4.69, 9.17) is 15.3 Å². The Morgan fingerprint density at radius 1 is 0.923 bits per heavy atom. The van der Waals surface area contributed by atoms with E-state index in [9.17, 15) is 0 Å². The third-order valence-electron chi connectivity index (χ3n) is 1.40. The van der Waals surface area contributed by atoms with Crippen LogP contribution in [0.15, 0.2) is 18.2 Å². The molecule has 0 aromatic heterocycles. The molecule has 0 spiro atoms. The topological polar surface area (TPSA) is 60.7 Å². The molecule has 0 atom stereocenters. The zero-order chi connectivity index (χ0) is 10.3. The highest BCUT2D eigenvalue weighted by atomic mass is 16.3. The van der Waals surface area contributed by atoms with E-state index >= 15 is 0 Å². The van der Waals surface area contributed by atoms with Crippen molar-refractivity contribution < 1.29 is 15.3 Å². The van der Waals surface area contributed by atoms with Gasteiger partial charge in [-0.3, -0.25) is 0 Å². The van der Waals surface area contributed by atoms with Gasteiger partial charge in [0, 0.05) is 0 Å². The molecular weight excluding hydrogens is 168 g/mol. The summed E-state index contributed by atoms with van der Waals surface area (Å²) in [6.07, 6.45) is 0. The predicted molar refractivity (Wildman–Crippen MR) is 51.3 cm³/mol. The minimum absolute atomic E-state index is 0.0700. The lowest BCUT2D eigenvalue weighted by Crippen LogP contribution is -1.87. The van der Waals surface area contributed by atoms with E-state index in [0.29, 0.717) is 11.1 Å². The molecule has 0 aliphatic rings. The average Bonchev–Trinajstić information content (AvgIpc) is 2.20. The van der Waals surface area contributed by atoms with Crippen molar-refractivity contribution >= 4 is 0 Å². The first-order valence-electron chi connectivity index (χ1n) is 4.30. The van der Waals surface area contributed by atoms with Crippen LogP contribution in [0.5, 0.6) is 5.75 Å². The van der Waals surface area contributed by atoms with Crippen LogP contribution < -0.4 is 0 Å². The molecule has 0 aliphatic heterocycles. The Labute approximate surface area is 78.3 Å². The van der Waals surface area contributed by atoms with Gasteiger partial charge in [-0.15, -0.1) is 0 Å². The molecule has 3 nitrogen and oxygen atoms in total. The van der Waals surface area contributed by atoms with E-state index in [0.717, 1.165) is 0 Å². The number of phenolic OH excluding ortho intramolecular Hbond substituents is 1. The Bertz CT molecular complexity index is 224. The van der Waals surface area contributed by atoms with Crippen molar-refractivity contribution in [3.8, 4) is 5.75 Å². The summed E-state index contributed by atoms with van der Waals surface area (Å²) >= 11 is 0. The summed E-state index contributed by atoms with van der Waals surface area (Å²) in [5, 5.41) is 26.4. The van der Waals surface area contributed by atoms with Crippen molar-refractivity contribution in [1.29, 1.82) is 0 Å². The van der Waals surface area contributed by atoms with Crippen LogP contribution in [-0.2, 0) is 13.2 Å². The van der Waals surface area contributed by atoms with Crippen molar-refractivity contribution in [2.24, 2.45) is 0 Å². The number of rotatable bonds is 2. The fraction of sp³-hybridized carbons (Fsp3) is 0.400. The Hall–Kier alpha value is -1.06. The predicted octanol–water partition coefficient (Wildman–Crippen LogP) is 1.40. The highest BCUT2D eigenvalue weighted by Crippen LogP contribution is 2.15. The lowest BCUT2D eigenvalue weighted by Gasteiger charge is -2.01. The number of aliphatic hydroxyl groups excluding tert-OH is 2. The zero-order valence-electron chi connectivity index (χ0n) is 7.99. The molecule has 74 valence electrons. The number of benzene rings is 1. The quantitative estimate of drug-likeness (QED) is 0.651. The van der Waals surface area contributed by atoms with Gasteiger partial charge >= 0.3 is 0 Å². The van der Waals surface area contributed by atoms with Crippen LogP contribution in [0.25, 0.3) is 0 Å². The molecule has 0 amide bonds. The van der Waals surface area contributed by atoms with Gasteiger partial charge in [0.15, 0.2) is 0 Å². The molecule has 0 saturated carbocycles. The molecule has 0 bridgehead atoms. The Morgan fingerprint density at radius 2 is 1.31 bits per heavy atom. The molecule has 0 radical (unpaired) electrons. The maximum Gasteiger partial charge on any atom is 0.116 e. The van der Waals surface area contributed by atoms with Crippen molar-refractivity contribution in [1.82, 2.24) is 0 Å². The van der Waals surface area contributed by atoms with Crippen LogP contribution in [-0.4, -0.2) is 15.3 Å². The zero-order valence-corrected chi connectivity index (χ0v) is 7.99. The van der Waals surface area contributed by atoms with E-state index in [2.05, 4.69) is 0 Å². The van der Waals surface area contributed by atoms with Crippen molar-refractivity contribution in [2.75, 3.05) is 0 Å². The molecule has 3 heteroatoms. The minimum atomic E-state index is -0.124. The summed E-state index contributed by atoms with van der Waals surface area (Å²) < 4.78 is 0. The molecule has 0 heterocycles. The van der Waals surface area contributed by atoms with Crippen LogP contribution in [0, 0.1) is 0 Å². The summed E-state index contributed by atoms with van der Waals surface area (Å²) in [4.78, 5) is 0. The molecule has 13 heavy (non-hydrogen) atoms. The summed E-state index contributed by atoms with van der Waals surface area (Å²) in [6, 6.07) is 4.55. The number of hydrogen-bond donors (Lipinski definition) is 3. The first-order valence-corrected chi connectivity index (χ1v) is 4.30. The van der Waals surface area contributed by atoms with Gasteiger partial charge in [0.05, 0.1) is 13.2 Å². The van der Waals surface area contributed by atoms with E-state index in [1.165, 1.54) is 12.1 Å². The standard InChI is InChI=1S/C8H10O3.C2H6/c9-4-6-1-7(5-10)3-8(11)2-6;1-2/h1-3,9-11H,4-5H2;1-2H3. The first kappa shape index (κ1) is 11.9. The number of phenols is 1. The van der Waals surface area contributed by atoms with Gasteiger partial charge < -0.3 is 15.3 Å². The third-order valence-corrected chi connectivity index (χ3v) is 1.40. The molecular formula is C10H16O3. The molecule has 0 unspecified atom stereocenters. The number of aliphatic hydroxyl groups is 2. The van der Waals surface area contributed by atoms with Crippen molar-refractivity contribution in [3.05, 3.63) is 29.3 Å². The minimum Gasteiger partial charge on any atom is -0.508 e. The molecule has 1 aromatic rings. The summed E-state index contributed by atoms with van der Waals surface area (Å²) in [6.45, 7) is 3.75. The maximum atomic E-state index is 9.03. The van der Waals surface area contributed by atoms with Crippen LogP contribution in [0.3, 0.4) is 0 Å². The summed E-state index contributed by atoms with van der Waals surface area (Å²) in [5.41, 5.74) is 1.21. The van der Waals surface area contributed by atoms with Gasteiger partial charge in [-0.05, 0) is 23.3 Å².